The molecule has 4 rings (SSSR count). The molecule has 0 N–H and O–H groups in total. The second-order valence-electron chi connectivity index (χ2n) is 7.25. The molecule has 1 saturated heterocycles. The minimum atomic E-state index is 0.114. The lowest BCUT2D eigenvalue weighted by molar-refractivity contribution is -0.123. The van der Waals surface area contributed by atoms with E-state index in [1.807, 2.05) is 0 Å². The van der Waals surface area contributed by atoms with Crippen molar-refractivity contribution in [1.29, 1.82) is 0 Å². The molecule has 0 aromatic carbocycles. The predicted octanol–water partition coefficient (Wildman–Crippen LogP) is 3.26. The Hall–Kier alpha value is -0.540. The number of alkyl halides is 1. The highest BCUT2D eigenvalue weighted by Crippen LogP contribution is 2.44. The summed E-state index contributed by atoms with van der Waals surface area (Å²) in [7, 11) is 2.16. The first-order valence-electron chi connectivity index (χ1n) is 8.42. The number of nitrogens with zero attached hydrogens (tertiary/aromatic N) is 1. The fraction of sp³-hybridized carbons (Fsp3) is 0.824. The maximum absolute atomic E-state index is 12.7. The van der Waals surface area contributed by atoms with Gasteiger partial charge in [0.05, 0.1) is 5.57 Å². The van der Waals surface area contributed by atoms with Crippen LogP contribution in [0.5, 0.6) is 0 Å². The fourth-order valence-corrected chi connectivity index (χ4v) is 5.05. The topological polar surface area (TPSA) is 29.5 Å². The van der Waals surface area contributed by atoms with Gasteiger partial charge < -0.3 is 4.74 Å². The van der Waals surface area contributed by atoms with Crippen molar-refractivity contribution < 1.29 is 9.53 Å². The first kappa shape index (κ1) is 14.1. The lowest BCUT2D eigenvalue weighted by Crippen LogP contribution is -2.45. The highest BCUT2D eigenvalue weighted by molar-refractivity contribution is 6.20. The van der Waals surface area contributed by atoms with E-state index < -0.39 is 0 Å². The molecule has 3 aliphatic heterocycles. The summed E-state index contributed by atoms with van der Waals surface area (Å²) >= 11 is 6.20. The number of carbonyl (C=O) groups excluding carboxylic acids is 1. The molecule has 3 atom stereocenters. The maximum Gasteiger partial charge on any atom is 0.167 e. The van der Waals surface area contributed by atoms with E-state index in [0.29, 0.717) is 35.6 Å². The average molecular weight is 310 g/mol. The second-order valence-corrected chi connectivity index (χ2v) is 7.87. The van der Waals surface area contributed by atoms with Crippen molar-refractivity contribution in [2.24, 2.45) is 5.92 Å². The quantitative estimate of drug-likeness (QED) is 0.696. The first-order valence-corrected chi connectivity index (χ1v) is 8.86. The van der Waals surface area contributed by atoms with E-state index in [1.54, 1.807) is 0 Å². The van der Waals surface area contributed by atoms with Gasteiger partial charge in [-0.3, -0.25) is 9.69 Å². The van der Waals surface area contributed by atoms with E-state index in [4.69, 9.17) is 16.3 Å². The Morgan fingerprint density at radius 1 is 1.10 bits per heavy atom. The van der Waals surface area contributed by atoms with Gasteiger partial charge in [-0.05, 0) is 51.5 Å². The third-order valence-electron chi connectivity index (χ3n) is 6.10. The Morgan fingerprint density at radius 2 is 1.86 bits per heavy atom. The van der Waals surface area contributed by atoms with Crippen molar-refractivity contribution in [2.75, 3.05) is 7.05 Å². The third kappa shape index (κ3) is 2.33. The molecule has 4 heteroatoms. The third-order valence-corrected chi connectivity index (χ3v) is 6.54. The lowest BCUT2D eigenvalue weighted by Gasteiger charge is -2.41. The molecule has 3 heterocycles. The van der Waals surface area contributed by atoms with Crippen LogP contribution in [0.4, 0.5) is 0 Å². The Kier molecular flexibility index (Phi) is 3.54. The van der Waals surface area contributed by atoms with Gasteiger partial charge in [-0.2, -0.15) is 0 Å². The molecule has 0 amide bonds. The van der Waals surface area contributed by atoms with E-state index in [-0.39, 0.29) is 6.10 Å². The molecule has 21 heavy (non-hydrogen) atoms. The highest BCUT2D eigenvalue weighted by atomic mass is 35.5. The van der Waals surface area contributed by atoms with Gasteiger partial charge in [-0.25, -0.2) is 0 Å². The molecule has 116 valence electrons. The summed E-state index contributed by atoms with van der Waals surface area (Å²) in [5.41, 5.74) is 1.01. The van der Waals surface area contributed by atoms with Crippen LogP contribution in [0.25, 0.3) is 0 Å². The van der Waals surface area contributed by atoms with E-state index in [2.05, 4.69) is 11.9 Å². The zero-order valence-electron chi connectivity index (χ0n) is 12.7. The number of hydrogen-bond acceptors (Lipinski definition) is 3. The van der Waals surface area contributed by atoms with Gasteiger partial charge in [0.2, 0.25) is 0 Å². The summed E-state index contributed by atoms with van der Waals surface area (Å²) in [5, 5.41) is 0.328. The van der Waals surface area contributed by atoms with E-state index in [9.17, 15) is 4.79 Å². The van der Waals surface area contributed by atoms with Crippen LogP contribution in [0.3, 0.4) is 0 Å². The van der Waals surface area contributed by atoms with Crippen LogP contribution in [0.2, 0.25) is 0 Å². The average Bonchev–Trinajstić information content (AvgIpc) is 2.71. The minimum Gasteiger partial charge on any atom is -0.493 e. The van der Waals surface area contributed by atoms with Crippen molar-refractivity contribution in [2.45, 2.75) is 74.9 Å². The van der Waals surface area contributed by atoms with Crippen LogP contribution < -0.4 is 0 Å². The van der Waals surface area contributed by atoms with Crippen molar-refractivity contribution in [3.8, 4) is 0 Å². The van der Waals surface area contributed by atoms with Crippen molar-refractivity contribution in [3.05, 3.63) is 11.3 Å². The SMILES string of the molecule is CN1C2CC[C@@H]1CC1=C2C(=O)C[C@@H](C2CCC(Cl)CC2)O1. The second kappa shape index (κ2) is 5.27. The summed E-state index contributed by atoms with van der Waals surface area (Å²) in [6.45, 7) is 0. The largest absolute Gasteiger partial charge is 0.493 e. The molecule has 0 spiro atoms. The van der Waals surface area contributed by atoms with Gasteiger partial charge in [-0.15, -0.1) is 11.6 Å². The summed E-state index contributed by atoms with van der Waals surface area (Å²) in [5.74, 6) is 1.91. The van der Waals surface area contributed by atoms with Gasteiger partial charge in [0.15, 0.2) is 5.78 Å². The van der Waals surface area contributed by atoms with Crippen molar-refractivity contribution in [1.82, 2.24) is 4.90 Å². The molecular formula is C17H24ClNO2. The fourth-order valence-electron chi connectivity index (χ4n) is 4.80. The summed E-state index contributed by atoms with van der Waals surface area (Å²) < 4.78 is 6.35. The number of hydrogen-bond donors (Lipinski definition) is 0. The zero-order valence-corrected chi connectivity index (χ0v) is 13.4. The summed E-state index contributed by atoms with van der Waals surface area (Å²) in [4.78, 5) is 15.1. The molecule has 0 aromatic heterocycles. The minimum absolute atomic E-state index is 0.114. The maximum atomic E-state index is 12.7. The van der Waals surface area contributed by atoms with Gasteiger partial charge in [-0.1, -0.05) is 0 Å². The number of fused-ring (bicyclic) bond motifs is 3. The van der Waals surface area contributed by atoms with Gasteiger partial charge in [0.25, 0.3) is 0 Å². The van der Waals surface area contributed by atoms with Gasteiger partial charge >= 0.3 is 0 Å². The predicted molar refractivity (Wildman–Crippen MR) is 82.3 cm³/mol. The molecule has 2 bridgehead atoms. The van der Waals surface area contributed by atoms with E-state index in [0.717, 1.165) is 49.9 Å². The van der Waals surface area contributed by atoms with Crippen LogP contribution in [0.1, 0.15) is 51.4 Å². The lowest BCUT2D eigenvalue weighted by atomic mass is 9.80. The molecule has 0 radical (unpaired) electrons. The first-order chi connectivity index (χ1) is 10.1. The standard InChI is InChI=1S/C17H24ClNO2/c1-19-12-6-7-13(19)17-14(20)9-15(21-16(17)8-12)10-2-4-11(18)5-3-10/h10-13,15H,2-9H2,1H3/t10?,11?,12-,13?,15+/m1/s1. The van der Waals surface area contributed by atoms with Crippen LogP contribution in [0, 0.1) is 5.92 Å². The van der Waals surface area contributed by atoms with E-state index in [1.165, 1.54) is 6.42 Å². The molecule has 4 aliphatic rings. The summed E-state index contributed by atoms with van der Waals surface area (Å²) in [6.07, 6.45) is 8.33. The molecule has 0 aromatic rings. The van der Waals surface area contributed by atoms with Crippen molar-refractivity contribution >= 4 is 17.4 Å². The molecule has 3 nitrogen and oxygen atoms in total. The number of rotatable bonds is 1. The molecule has 1 unspecified atom stereocenters. The monoisotopic (exact) mass is 309 g/mol. The molecule has 1 aliphatic carbocycles. The number of halogens is 1. The number of Topliss-reactive ketones (excluding diaryl/α,β-unsaturated/α-hetero) is 1. The number of ketones is 1. The van der Waals surface area contributed by atoms with Crippen LogP contribution in [0.15, 0.2) is 11.3 Å². The van der Waals surface area contributed by atoms with Gasteiger partial charge in [0, 0.05) is 30.3 Å². The number of carbonyl (C=O) groups is 1. The Balaban J connectivity index is 1.54. The Bertz CT molecular complexity index is 481. The number of likely N-dealkylation sites (N-methyl/N-ethyl adjacent to an activating group) is 1. The summed E-state index contributed by atoms with van der Waals surface area (Å²) in [6, 6.07) is 0.907. The molecule has 1 saturated carbocycles. The van der Waals surface area contributed by atoms with Crippen molar-refractivity contribution in [3.63, 3.8) is 0 Å². The Morgan fingerprint density at radius 3 is 2.62 bits per heavy atom. The normalized spacial score (nSPS) is 43.7. The Labute approximate surface area is 131 Å². The molecular weight excluding hydrogens is 286 g/mol. The zero-order chi connectivity index (χ0) is 14.6. The van der Waals surface area contributed by atoms with Crippen LogP contribution >= 0.6 is 11.6 Å². The number of ether oxygens (including phenoxy) is 1. The molecule has 2 fully saturated rings. The van der Waals surface area contributed by atoms with Gasteiger partial charge in [0.1, 0.15) is 11.9 Å². The van der Waals surface area contributed by atoms with Crippen LogP contribution in [-0.4, -0.2) is 41.3 Å². The smallest absolute Gasteiger partial charge is 0.167 e. The highest BCUT2D eigenvalue weighted by Gasteiger charge is 2.46. The van der Waals surface area contributed by atoms with Crippen LogP contribution in [-0.2, 0) is 9.53 Å². The van der Waals surface area contributed by atoms with E-state index >= 15 is 0 Å².